The number of nitrogens with zero attached hydrogens (tertiary/aromatic N) is 3. The zero-order valence-corrected chi connectivity index (χ0v) is 25.5. The smallest absolute Gasteiger partial charge is 0.338 e. The average molecular weight is 590 g/mol. The SMILES string of the molecule is CCOc1ccc([C@@H]2C(C(=O)OC(C)C)=C(C)N=c3s/c(=C/c4cc(C)n(-c5ccc(Cl)cc5)c4C)c(=O)n32)cc1. The Labute approximate surface area is 247 Å². The van der Waals surface area contributed by atoms with Gasteiger partial charge in [0.2, 0.25) is 0 Å². The van der Waals surface area contributed by atoms with Gasteiger partial charge in [0, 0.05) is 22.1 Å². The fourth-order valence-corrected chi connectivity index (χ4v) is 6.31. The second-order valence-electron chi connectivity index (χ2n) is 10.2. The molecule has 0 spiro atoms. The van der Waals surface area contributed by atoms with Gasteiger partial charge in [0.05, 0.1) is 34.6 Å². The topological polar surface area (TPSA) is 74.8 Å². The summed E-state index contributed by atoms with van der Waals surface area (Å²) >= 11 is 7.41. The van der Waals surface area contributed by atoms with Crippen LogP contribution in [-0.2, 0) is 9.53 Å². The van der Waals surface area contributed by atoms with Crippen LogP contribution >= 0.6 is 22.9 Å². The number of aromatic nitrogens is 2. The Kier molecular flexibility index (Phi) is 8.07. The van der Waals surface area contributed by atoms with E-state index in [1.54, 1.807) is 25.3 Å². The van der Waals surface area contributed by atoms with Gasteiger partial charge in [-0.25, -0.2) is 9.79 Å². The molecule has 1 aliphatic heterocycles. The van der Waals surface area contributed by atoms with E-state index in [2.05, 4.69) is 10.6 Å². The van der Waals surface area contributed by atoms with Crippen LogP contribution in [0.25, 0.3) is 11.8 Å². The summed E-state index contributed by atoms with van der Waals surface area (Å²) in [5.41, 5.74) is 5.38. The molecule has 7 nitrogen and oxygen atoms in total. The number of halogens is 1. The van der Waals surface area contributed by atoms with Crippen LogP contribution in [0.15, 0.2) is 75.7 Å². The van der Waals surface area contributed by atoms with Gasteiger partial charge in [-0.15, -0.1) is 0 Å². The number of allylic oxidation sites excluding steroid dienone is 1. The van der Waals surface area contributed by atoms with Crippen LogP contribution in [0.5, 0.6) is 5.75 Å². The highest BCUT2D eigenvalue weighted by Gasteiger charge is 2.33. The van der Waals surface area contributed by atoms with E-state index >= 15 is 0 Å². The van der Waals surface area contributed by atoms with Gasteiger partial charge in [0.1, 0.15) is 5.75 Å². The standard InChI is InChI=1S/C32H32ClN3O4S/c1-7-39-26-14-8-22(9-15-26)29-28(31(38)40-18(2)3)20(5)34-32-36(29)30(37)27(41-32)17-23-16-19(4)35(21(23)6)25-12-10-24(33)11-13-25/h8-18,29H,7H2,1-6H3/b27-17+/t29-/m1/s1. The Hall–Kier alpha value is -3.88. The van der Waals surface area contributed by atoms with E-state index in [-0.39, 0.29) is 11.7 Å². The first-order valence-electron chi connectivity index (χ1n) is 13.5. The summed E-state index contributed by atoms with van der Waals surface area (Å²) < 4.78 is 15.5. The molecule has 0 amide bonds. The van der Waals surface area contributed by atoms with Crippen molar-refractivity contribution in [1.29, 1.82) is 0 Å². The van der Waals surface area contributed by atoms with Gasteiger partial charge in [0.15, 0.2) is 4.80 Å². The van der Waals surface area contributed by atoms with Crippen LogP contribution < -0.4 is 19.6 Å². The Balaban J connectivity index is 1.66. The maximum atomic E-state index is 14.0. The van der Waals surface area contributed by atoms with Crippen LogP contribution in [0.3, 0.4) is 0 Å². The van der Waals surface area contributed by atoms with E-state index in [0.29, 0.717) is 38.0 Å². The Morgan fingerprint density at radius 2 is 1.78 bits per heavy atom. The van der Waals surface area contributed by atoms with Crippen molar-refractivity contribution in [1.82, 2.24) is 9.13 Å². The van der Waals surface area contributed by atoms with Gasteiger partial charge in [-0.1, -0.05) is 35.1 Å². The highest BCUT2D eigenvalue weighted by atomic mass is 35.5. The molecule has 212 valence electrons. The lowest BCUT2D eigenvalue weighted by atomic mass is 9.96. The van der Waals surface area contributed by atoms with Crippen LogP contribution in [-0.4, -0.2) is 27.8 Å². The zero-order valence-electron chi connectivity index (χ0n) is 23.9. The van der Waals surface area contributed by atoms with Gasteiger partial charge in [0.25, 0.3) is 5.56 Å². The lowest BCUT2D eigenvalue weighted by molar-refractivity contribution is -0.143. The molecule has 3 heterocycles. The van der Waals surface area contributed by atoms with E-state index in [4.69, 9.17) is 26.1 Å². The average Bonchev–Trinajstić information content (AvgIpc) is 3.38. The fourth-order valence-electron chi connectivity index (χ4n) is 5.15. The van der Waals surface area contributed by atoms with E-state index < -0.39 is 12.0 Å². The second kappa shape index (κ2) is 11.5. The second-order valence-corrected chi connectivity index (χ2v) is 11.6. The van der Waals surface area contributed by atoms with Crippen LogP contribution in [0.4, 0.5) is 0 Å². The molecule has 0 radical (unpaired) electrons. The molecule has 2 aromatic carbocycles. The number of thiazole rings is 1. The Bertz CT molecular complexity index is 1830. The van der Waals surface area contributed by atoms with Crippen LogP contribution in [0, 0.1) is 13.8 Å². The van der Waals surface area contributed by atoms with Crippen molar-refractivity contribution in [2.45, 2.75) is 53.7 Å². The third kappa shape index (κ3) is 5.54. The van der Waals surface area contributed by atoms with E-state index in [1.807, 2.05) is 75.4 Å². The van der Waals surface area contributed by atoms with Crippen molar-refractivity contribution >= 4 is 35.0 Å². The third-order valence-corrected chi connectivity index (χ3v) is 8.17. The molecular weight excluding hydrogens is 558 g/mol. The van der Waals surface area contributed by atoms with Gasteiger partial charge in [-0.05, 0) is 101 Å². The molecule has 2 aromatic heterocycles. The highest BCUT2D eigenvalue weighted by Crippen LogP contribution is 2.32. The van der Waals surface area contributed by atoms with E-state index in [1.165, 1.54) is 11.3 Å². The number of aryl methyl sites for hydroxylation is 1. The molecular formula is C32H32ClN3O4S. The lowest BCUT2D eigenvalue weighted by Crippen LogP contribution is -2.40. The Morgan fingerprint density at radius 3 is 2.41 bits per heavy atom. The molecule has 5 rings (SSSR count). The molecule has 0 unspecified atom stereocenters. The number of benzene rings is 2. The molecule has 0 saturated heterocycles. The summed E-state index contributed by atoms with van der Waals surface area (Å²) in [4.78, 5) is 32.6. The van der Waals surface area contributed by atoms with Gasteiger partial charge in [-0.3, -0.25) is 9.36 Å². The minimum absolute atomic E-state index is 0.216. The maximum absolute atomic E-state index is 14.0. The zero-order chi connectivity index (χ0) is 29.4. The van der Waals surface area contributed by atoms with Gasteiger partial charge < -0.3 is 14.0 Å². The van der Waals surface area contributed by atoms with Crippen molar-refractivity contribution < 1.29 is 14.3 Å². The Morgan fingerprint density at radius 1 is 1.10 bits per heavy atom. The number of esters is 1. The first-order valence-corrected chi connectivity index (χ1v) is 14.7. The number of carbonyl (C=O) groups excluding carboxylic acids is 1. The minimum Gasteiger partial charge on any atom is -0.494 e. The summed E-state index contributed by atoms with van der Waals surface area (Å²) in [6.45, 7) is 11.9. The maximum Gasteiger partial charge on any atom is 0.338 e. The molecule has 0 fully saturated rings. The molecule has 0 aliphatic carbocycles. The molecule has 4 aromatic rings. The third-order valence-electron chi connectivity index (χ3n) is 6.93. The summed E-state index contributed by atoms with van der Waals surface area (Å²) in [5, 5.41) is 0.673. The molecule has 1 atom stereocenters. The first kappa shape index (κ1) is 28.6. The number of hydrogen-bond donors (Lipinski definition) is 0. The lowest BCUT2D eigenvalue weighted by Gasteiger charge is -2.25. The summed E-state index contributed by atoms with van der Waals surface area (Å²) in [6.07, 6.45) is 1.59. The van der Waals surface area contributed by atoms with Crippen molar-refractivity contribution in [2.24, 2.45) is 4.99 Å². The number of carbonyl (C=O) groups is 1. The van der Waals surface area contributed by atoms with Crippen molar-refractivity contribution in [3.05, 3.63) is 113 Å². The fraction of sp³-hybridized carbons (Fsp3) is 0.281. The quantitative estimate of drug-likeness (QED) is 0.261. The van der Waals surface area contributed by atoms with E-state index in [9.17, 15) is 9.59 Å². The number of rotatable bonds is 7. The molecule has 41 heavy (non-hydrogen) atoms. The summed E-state index contributed by atoms with van der Waals surface area (Å²) in [7, 11) is 0. The van der Waals surface area contributed by atoms with Gasteiger partial charge >= 0.3 is 5.97 Å². The number of hydrogen-bond acceptors (Lipinski definition) is 6. The normalized spacial score (nSPS) is 15.2. The summed E-state index contributed by atoms with van der Waals surface area (Å²) in [6, 6.07) is 16.5. The minimum atomic E-state index is -0.683. The predicted molar refractivity (Wildman–Crippen MR) is 163 cm³/mol. The molecule has 9 heteroatoms. The van der Waals surface area contributed by atoms with Gasteiger partial charge in [-0.2, -0.15) is 0 Å². The molecule has 0 bridgehead atoms. The predicted octanol–water partition coefficient (Wildman–Crippen LogP) is 5.65. The summed E-state index contributed by atoms with van der Waals surface area (Å²) in [5.74, 6) is 0.229. The van der Waals surface area contributed by atoms with Crippen LogP contribution in [0.1, 0.15) is 56.3 Å². The highest BCUT2D eigenvalue weighted by molar-refractivity contribution is 7.07. The monoisotopic (exact) mass is 589 g/mol. The molecule has 1 aliphatic rings. The van der Waals surface area contributed by atoms with Crippen molar-refractivity contribution in [3.63, 3.8) is 0 Å². The number of ether oxygens (including phenoxy) is 2. The largest absolute Gasteiger partial charge is 0.494 e. The number of fused-ring (bicyclic) bond motifs is 1. The van der Waals surface area contributed by atoms with Crippen molar-refractivity contribution in [2.75, 3.05) is 6.61 Å². The van der Waals surface area contributed by atoms with E-state index in [0.717, 1.165) is 28.2 Å². The molecule has 0 saturated carbocycles. The molecule has 0 N–H and O–H groups in total. The van der Waals surface area contributed by atoms with Crippen LogP contribution in [0.2, 0.25) is 5.02 Å². The first-order chi connectivity index (χ1) is 19.6. The van der Waals surface area contributed by atoms with Crippen molar-refractivity contribution in [3.8, 4) is 11.4 Å².